The first kappa shape index (κ1) is 9.45. The predicted molar refractivity (Wildman–Crippen MR) is 57.7 cm³/mol. The molecular weight excluding hydrogens is 190 g/mol. The van der Waals surface area contributed by atoms with Crippen molar-refractivity contribution in [2.45, 2.75) is 6.92 Å². The third-order valence-corrected chi connectivity index (χ3v) is 1.90. The van der Waals surface area contributed by atoms with E-state index in [0.29, 0.717) is 17.3 Å². The minimum absolute atomic E-state index is 0.553. The van der Waals surface area contributed by atoms with Gasteiger partial charge in [-0.25, -0.2) is 4.98 Å². The van der Waals surface area contributed by atoms with Crippen LogP contribution in [0.15, 0.2) is 36.8 Å². The van der Waals surface area contributed by atoms with E-state index in [9.17, 15) is 0 Å². The van der Waals surface area contributed by atoms with Crippen LogP contribution in [0.5, 0.6) is 11.6 Å². The number of hydrogen-bond acceptors (Lipinski definition) is 4. The van der Waals surface area contributed by atoms with Gasteiger partial charge in [0.25, 0.3) is 0 Å². The summed E-state index contributed by atoms with van der Waals surface area (Å²) in [4.78, 5) is 8.05. The second kappa shape index (κ2) is 3.96. The van der Waals surface area contributed by atoms with Crippen molar-refractivity contribution in [3.05, 3.63) is 42.4 Å². The summed E-state index contributed by atoms with van der Waals surface area (Å²) < 4.78 is 5.53. The third kappa shape index (κ3) is 2.22. The number of nitrogens with two attached hydrogens (primary N) is 1. The Balaban J connectivity index is 2.25. The van der Waals surface area contributed by atoms with E-state index < -0.39 is 0 Å². The first-order valence-electron chi connectivity index (χ1n) is 4.56. The lowest BCUT2D eigenvalue weighted by Crippen LogP contribution is -1.94. The van der Waals surface area contributed by atoms with Crippen molar-refractivity contribution in [1.29, 1.82) is 0 Å². The summed E-state index contributed by atoms with van der Waals surface area (Å²) in [5.74, 6) is 1.22. The smallest absolute Gasteiger partial charge is 0.222 e. The number of pyridine rings is 2. The zero-order valence-corrected chi connectivity index (χ0v) is 8.34. The average Bonchev–Trinajstić information content (AvgIpc) is 2.24. The van der Waals surface area contributed by atoms with Crippen LogP contribution in [-0.2, 0) is 0 Å². The number of ether oxygens (including phenoxy) is 1. The van der Waals surface area contributed by atoms with Crippen LogP contribution in [0.1, 0.15) is 5.56 Å². The zero-order valence-electron chi connectivity index (χ0n) is 8.34. The summed E-state index contributed by atoms with van der Waals surface area (Å²) in [6.07, 6.45) is 4.90. The van der Waals surface area contributed by atoms with Gasteiger partial charge in [-0.1, -0.05) is 0 Å². The van der Waals surface area contributed by atoms with E-state index in [0.717, 1.165) is 5.56 Å². The topological polar surface area (TPSA) is 61.0 Å². The molecule has 0 fully saturated rings. The number of hydrogen-bond donors (Lipinski definition) is 1. The average molecular weight is 201 g/mol. The fourth-order valence-corrected chi connectivity index (χ4v) is 1.21. The maximum atomic E-state index is 5.59. The van der Waals surface area contributed by atoms with Gasteiger partial charge in [-0.05, 0) is 25.1 Å². The van der Waals surface area contributed by atoms with Gasteiger partial charge in [-0.2, -0.15) is 0 Å². The number of aryl methyl sites for hydroxylation is 1. The van der Waals surface area contributed by atoms with Crippen molar-refractivity contribution in [2.24, 2.45) is 0 Å². The molecule has 2 rings (SSSR count). The molecule has 0 saturated carbocycles. The summed E-state index contributed by atoms with van der Waals surface area (Å²) in [5.41, 5.74) is 7.12. The van der Waals surface area contributed by atoms with Gasteiger partial charge >= 0.3 is 0 Å². The van der Waals surface area contributed by atoms with Crippen molar-refractivity contribution in [2.75, 3.05) is 5.73 Å². The number of nitrogen functional groups attached to an aromatic ring is 1. The Morgan fingerprint density at radius 1 is 1.33 bits per heavy atom. The molecule has 0 amide bonds. The van der Waals surface area contributed by atoms with Crippen molar-refractivity contribution in [1.82, 2.24) is 9.97 Å². The molecule has 2 aromatic heterocycles. The Kier molecular flexibility index (Phi) is 2.49. The fraction of sp³-hybridized carbons (Fsp3) is 0.0909. The van der Waals surface area contributed by atoms with E-state index in [1.165, 1.54) is 0 Å². The Bertz CT molecular complexity index is 457. The first-order valence-corrected chi connectivity index (χ1v) is 4.56. The molecule has 0 bridgehead atoms. The molecule has 76 valence electrons. The van der Waals surface area contributed by atoms with Gasteiger partial charge in [-0.15, -0.1) is 0 Å². The molecule has 2 heterocycles. The van der Waals surface area contributed by atoms with Crippen LogP contribution >= 0.6 is 0 Å². The highest BCUT2D eigenvalue weighted by atomic mass is 16.5. The lowest BCUT2D eigenvalue weighted by molar-refractivity contribution is 0.457. The summed E-state index contributed by atoms with van der Waals surface area (Å²) >= 11 is 0. The van der Waals surface area contributed by atoms with Gasteiger partial charge in [0, 0.05) is 11.8 Å². The van der Waals surface area contributed by atoms with Crippen LogP contribution in [0, 0.1) is 6.92 Å². The molecule has 4 nitrogen and oxygen atoms in total. The largest absolute Gasteiger partial charge is 0.437 e. The van der Waals surface area contributed by atoms with Crippen LogP contribution in [0.4, 0.5) is 5.69 Å². The standard InChI is InChI=1S/C11H11N3O/c1-8-5-9(12)6-14-11(8)15-10-3-2-4-13-7-10/h2-7H,12H2,1H3. The third-order valence-electron chi connectivity index (χ3n) is 1.90. The second-order valence-corrected chi connectivity index (χ2v) is 3.18. The molecule has 0 spiro atoms. The molecule has 15 heavy (non-hydrogen) atoms. The summed E-state index contributed by atoms with van der Waals surface area (Å²) in [7, 11) is 0. The first-order chi connectivity index (χ1) is 7.25. The quantitative estimate of drug-likeness (QED) is 0.808. The van der Waals surface area contributed by atoms with Crippen LogP contribution in [0.3, 0.4) is 0 Å². The molecule has 0 unspecified atom stereocenters. The molecule has 0 radical (unpaired) electrons. The maximum absolute atomic E-state index is 5.59. The second-order valence-electron chi connectivity index (χ2n) is 3.18. The predicted octanol–water partition coefficient (Wildman–Crippen LogP) is 2.16. The van der Waals surface area contributed by atoms with E-state index in [1.807, 2.05) is 25.1 Å². The molecule has 2 N–H and O–H groups in total. The number of nitrogens with zero attached hydrogens (tertiary/aromatic N) is 2. The van der Waals surface area contributed by atoms with Gasteiger partial charge in [-0.3, -0.25) is 4.98 Å². The molecule has 2 aromatic rings. The molecule has 4 heteroatoms. The highest BCUT2D eigenvalue weighted by molar-refractivity contribution is 5.42. The van der Waals surface area contributed by atoms with Crippen molar-refractivity contribution in [3.8, 4) is 11.6 Å². The summed E-state index contributed by atoms with van der Waals surface area (Å²) in [5, 5.41) is 0. The lowest BCUT2D eigenvalue weighted by Gasteiger charge is -2.06. The highest BCUT2D eigenvalue weighted by Crippen LogP contribution is 2.22. The minimum Gasteiger partial charge on any atom is -0.437 e. The monoisotopic (exact) mass is 201 g/mol. The van der Waals surface area contributed by atoms with E-state index >= 15 is 0 Å². The van der Waals surface area contributed by atoms with Crippen molar-refractivity contribution in [3.63, 3.8) is 0 Å². The maximum Gasteiger partial charge on any atom is 0.222 e. The number of rotatable bonds is 2. The number of anilines is 1. The molecular formula is C11H11N3O. The van der Waals surface area contributed by atoms with Gasteiger partial charge in [0.15, 0.2) is 0 Å². The fourth-order valence-electron chi connectivity index (χ4n) is 1.21. The number of aromatic nitrogens is 2. The Morgan fingerprint density at radius 3 is 2.87 bits per heavy atom. The van der Waals surface area contributed by atoms with Gasteiger partial charge in [0.1, 0.15) is 5.75 Å². The molecule has 0 atom stereocenters. The van der Waals surface area contributed by atoms with Crippen LogP contribution in [0.2, 0.25) is 0 Å². The van der Waals surface area contributed by atoms with Gasteiger partial charge in [0.2, 0.25) is 5.88 Å². The summed E-state index contributed by atoms with van der Waals surface area (Å²) in [6, 6.07) is 5.45. The molecule has 0 aliphatic heterocycles. The van der Waals surface area contributed by atoms with E-state index in [2.05, 4.69) is 9.97 Å². The minimum atomic E-state index is 0.553. The normalized spacial score (nSPS) is 9.93. The summed E-state index contributed by atoms with van der Waals surface area (Å²) in [6.45, 7) is 1.90. The van der Waals surface area contributed by atoms with Crippen LogP contribution in [-0.4, -0.2) is 9.97 Å². The van der Waals surface area contributed by atoms with Crippen molar-refractivity contribution >= 4 is 5.69 Å². The van der Waals surface area contributed by atoms with Crippen molar-refractivity contribution < 1.29 is 4.74 Å². The molecule has 0 saturated heterocycles. The Labute approximate surface area is 87.7 Å². The highest BCUT2D eigenvalue weighted by Gasteiger charge is 2.02. The Hall–Kier alpha value is -2.10. The van der Waals surface area contributed by atoms with E-state index in [-0.39, 0.29) is 0 Å². The van der Waals surface area contributed by atoms with Gasteiger partial charge < -0.3 is 10.5 Å². The Morgan fingerprint density at radius 2 is 2.20 bits per heavy atom. The van der Waals surface area contributed by atoms with Gasteiger partial charge in [0.05, 0.1) is 18.1 Å². The van der Waals surface area contributed by atoms with E-state index in [1.54, 1.807) is 18.6 Å². The molecule has 0 aliphatic rings. The zero-order chi connectivity index (χ0) is 10.7. The van der Waals surface area contributed by atoms with E-state index in [4.69, 9.17) is 10.5 Å². The van der Waals surface area contributed by atoms with Crippen LogP contribution < -0.4 is 10.5 Å². The van der Waals surface area contributed by atoms with Crippen LogP contribution in [0.25, 0.3) is 0 Å². The molecule has 0 aliphatic carbocycles. The molecule has 0 aromatic carbocycles. The SMILES string of the molecule is Cc1cc(N)cnc1Oc1cccnc1. The lowest BCUT2D eigenvalue weighted by atomic mass is 10.3.